The smallest absolute Gasteiger partial charge is 0.274 e. The summed E-state index contributed by atoms with van der Waals surface area (Å²) in [7, 11) is 0. The fourth-order valence-electron chi connectivity index (χ4n) is 2.95. The number of nitrogens with zero attached hydrogens (tertiary/aromatic N) is 4. The Bertz CT molecular complexity index is 1320. The molecule has 5 aromatic rings. The number of fused-ring (bicyclic) bond motifs is 2. The Kier molecular flexibility index (Phi) is 4.06. The Labute approximate surface area is 164 Å². The molecule has 0 radical (unpaired) electrons. The third-order valence-electron chi connectivity index (χ3n) is 4.36. The number of ether oxygens (including phenoxy) is 1. The maximum Gasteiger partial charge on any atom is 0.274 e. The first-order chi connectivity index (χ1) is 14.3. The van der Waals surface area contributed by atoms with Gasteiger partial charge in [0.25, 0.3) is 5.91 Å². The van der Waals surface area contributed by atoms with Crippen molar-refractivity contribution in [3.63, 3.8) is 0 Å². The number of amides is 1. The summed E-state index contributed by atoms with van der Waals surface area (Å²) in [5.41, 5.74) is 2.75. The zero-order valence-electron chi connectivity index (χ0n) is 15.0. The van der Waals surface area contributed by atoms with Gasteiger partial charge in [0.1, 0.15) is 22.7 Å². The Hall–Kier alpha value is -4.33. The highest BCUT2D eigenvalue weighted by molar-refractivity contribution is 6.03. The van der Waals surface area contributed by atoms with E-state index < -0.39 is 0 Å². The third kappa shape index (κ3) is 3.34. The molecule has 0 saturated carbocycles. The molecule has 0 aliphatic heterocycles. The topological polar surface area (TPSA) is 106 Å². The number of rotatable bonds is 4. The van der Waals surface area contributed by atoms with Crippen LogP contribution in [0.1, 0.15) is 10.5 Å². The Morgan fingerprint density at radius 3 is 2.66 bits per heavy atom. The van der Waals surface area contributed by atoms with Crippen LogP contribution in [0.5, 0.6) is 11.5 Å². The van der Waals surface area contributed by atoms with E-state index in [-0.39, 0.29) is 11.6 Å². The molecule has 2 aromatic carbocycles. The van der Waals surface area contributed by atoms with Crippen molar-refractivity contribution < 1.29 is 9.53 Å². The van der Waals surface area contributed by atoms with Crippen LogP contribution in [0.2, 0.25) is 0 Å². The van der Waals surface area contributed by atoms with E-state index in [4.69, 9.17) is 4.74 Å². The molecule has 0 aliphatic rings. The van der Waals surface area contributed by atoms with Gasteiger partial charge in [0.2, 0.25) is 5.65 Å². The number of aromatic amines is 1. The zero-order valence-corrected chi connectivity index (χ0v) is 15.0. The highest BCUT2D eigenvalue weighted by Crippen LogP contribution is 2.29. The third-order valence-corrected chi connectivity index (χ3v) is 4.36. The van der Waals surface area contributed by atoms with Crippen molar-refractivity contribution >= 4 is 33.7 Å². The second kappa shape index (κ2) is 7.01. The lowest BCUT2D eigenvalue weighted by molar-refractivity contribution is 0.102. The Morgan fingerprint density at radius 2 is 1.76 bits per heavy atom. The molecule has 0 aliphatic carbocycles. The highest BCUT2D eigenvalue weighted by atomic mass is 16.5. The van der Waals surface area contributed by atoms with Crippen molar-refractivity contribution in [2.75, 3.05) is 5.32 Å². The van der Waals surface area contributed by atoms with Gasteiger partial charge in [-0.1, -0.05) is 12.1 Å². The fourth-order valence-corrected chi connectivity index (χ4v) is 2.95. The van der Waals surface area contributed by atoms with E-state index in [9.17, 15) is 4.79 Å². The van der Waals surface area contributed by atoms with Crippen LogP contribution in [0.25, 0.3) is 22.1 Å². The first-order valence-electron chi connectivity index (χ1n) is 8.87. The Balaban J connectivity index is 1.32. The first-order valence-corrected chi connectivity index (χ1v) is 8.87. The molecule has 0 spiro atoms. The lowest BCUT2D eigenvalue weighted by atomic mass is 10.2. The summed E-state index contributed by atoms with van der Waals surface area (Å²) in [4.78, 5) is 20.9. The van der Waals surface area contributed by atoms with Crippen LogP contribution in [0.3, 0.4) is 0 Å². The van der Waals surface area contributed by atoms with E-state index in [0.29, 0.717) is 22.6 Å². The lowest BCUT2D eigenvalue weighted by Gasteiger charge is -2.10. The number of anilines is 1. The maximum atomic E-state index is 12.4. The van der Waals surface area contributed by atoms with Gasteiger partial charge in [-0.25, -0.2) is 4.98 Å². The van der Waals surface area contributed by atoms with Gasteiger partial charge < -0.3 is 10.1 Å². The number of para-hydroxylation sites is 1. The van der Waals surface area contributed by atoms with Crippen molar-refractivity contribution in [2.45, 2.75) is 0 Å². The van der Waals surface area contributed by atoms with E-state index >= 15 is 0 Å². The van der Waals surface area contributed by atoms with Crippen molar-refractivity contribution in [3.8, 4) is 11.5 Å². The van der Waals surface area contributed by atoms with Crippen molar-refractivity contribution in [1.82, 2.24) is 25.4 Å². The van der Waals surface area contributed by atoms with Crippen LogP contribution in [0.15, 0.2) is 72.9 Å². The Morgan fingerprint density at radius 1 is 0.897 bits per heavy atom. The van der Waals surface area contributed by atoms with E-state index in [2.05, 4.69) is 30.7 Å². The molecule has 29 heavy (non-hydrogen) atoms. The van der Waals surface area contributed by atoms with Crippen molar-refractivity contribution in [1.29, 1.82) is 0 Å². The zero-order chi connectivity index (χ0) is 19.6. The van der Waals surface area contributed by atoms with E-state index in [1.807, 2.05) is 30.3 Å². The van der Waals surface area contributed by atoms with E-state index in [0.717, 1.165) is 16.7 Å². The van der Waals surface area contributed by atoms with Crippen LogP contribution in [-0.4, -0.2) is 31.3 Å². The van der Waals surface area contributed by atoms with Crippen LogP contribution < -0.4 is 10.1 Å². The predicted octanol–water partition coefficient (Wildman–Crippen LogP) is 3.95. The molecular formula is C21H14N6O2. The number of carbonyl (C=O) groups is 1. The van der Waals surface area contributed by atoms with E-state index in [1.165, 1.54) is 0 Å². The van der Waals surface area contributed by atoms with E-state index in [1.54, 1.807) is 42.6 Å². The molecule has 0 atom stereocenters. The summed E-state index contributed by atoms with van der Waals surface area (Å²) in [6.07, 6.45) is 1.71. The number of benzene rings is 2. The molecule has 5 rings (SSSR count). The largest absolute Gasteiger partial charge is 0.457 e. The quantitative estimate of drug-likeness (QED) is 0.488. The minimum absolute atomic E-state index is 0.259. The molecule has 8 heteroatoms. The first kappa shape index (κ1) is 16.8. The summed E-state index contributed by atoms with van der Waals surface area (Å²) in [5, 5.41) is 14.0. The molecule has 0 saturated heterocycles. The van der Waals surface area contributed by atoms with Crippen LogP contribution in [-0.2, 0) is 0 Å². The molecular weight excluding hydrogens is 368 g/mol. The van der Waals surface area contributed by atoms with Gasteiger partial charge >= 0.3 is 0 Å². The van der Waals surface area contributed by atoms with Gasteiger partial charge in [-0.3, -0.25) is 9.78 Å². The molecule has 8 nitrogen and oxygen atoms in total. The van der Waals surface area contributed by atoms with Crippen LogP contribution >= 0.6 is 0 Å². The number of carbonyl (C=O) groups excluding carboxylic acids is 1. The monoisotopic (exact) mass is 382 g/mol. The molecule has 0 unspecified atom stereocenters. The minimum atomic E-state index is -0.330. The van der Waals surface area contributed by atoms with Gasteiger partial charge in [0, 0.05) is 17.3 Å². The average molecular weight is 382 g/mol. The predicted molar refractivity (Wildman–Crippen MR) is 108 cm³/mol. The van der Waals surface area contributed by atoms with Gasteiger partial charge in [-0.2, -0.15) is 10.3 Å². The average Bonchev–Trinajstić information content (AvgIpc) is 3.23. The summed E-state index contributed by atoms with van der Waals surface area (Å²) in [6.45, 7) is 0. The van der Waals surface area contributed by atoms with Crippen molar-refractivity contribution in [2.24, 2.45) is 0 Å². The number of nitrogens with one attached hydrogen (secondary N) is 2. The lowest BCUT2D eigenvalue weighted by Crippen LogP contribution is -2.13. The second-order valence-electron chi connectivity index (χ2n) is 6.27. The number of hydrogen-bond donors (Lipinski definition) is 2. The summed E-state index contributed by atoms with van der Waals surface area (Å²) >= 11 is 0. The SMILES string of the molecule is O=C(Nc1ccc(Oc2ccnc3ccccc23)cc1)c1ccc2n[nH]nc2n1. The van der Waals surface area contributed by atoms with Gasteiger partial charge in [-0.15, -0.1) is 5.10 Å². The van der Waals surface area contributed by atoms with Gasteiger partial charge in [0.15, 0.2) is 0 Å². The van der Waals surface area contributed by atoms with Crippen molar-refractivity contribution in [3.05, 3.63) is 78.6 Å². The number of aromatic nitrogens is 5. The van der Waals surface area contributed by atoms with Crippen LogP contribution in [0.4, 0.5) is 5.69 Å². The molecule has 1 amide bonds. The van der Waals surface area contributed by atoms with Gasteiger partial charge in [-0.05, 0) is 54.6 Å². The number of pyridine rings is 2. The maximum absolute atomic E-state index is 12.4. The normalized spacial score (nSPS) is 10.9. The summed E-state index contributed by atoms with van der Waals surface area (Å²) in [6, 6.07) is 20.0. The highest BCUT2D eigenvalue weighted by Gasteiger charge is 2.11. The summed E-state index contributed by atoms with van der Waals surface area (Å²) < 4.78 is 5.99. The number of hydrogen-bond acceptors (Lipinski definition) is 6. The molecule has 140 valence electrons. The van der Waals surface area contributed by atoms with Gasteiger partial charge in [0.05, 0.1) is 5.52 Å². The molecule has 2 N–H and O–H groups in total. The summed E-state index contributed by atoms with van der Waals surface area (Å²) in [5.74, 6) is 1.04. The number of H-pyrrole nitrogens is 1. The molecule has 3 heterocycles. The fraction of sp³-hybridized carbons (Fsp3) is 0. The molecule has 0 bridgehead atoms. The molecule has 3 aromatic heterocycles. The minimum Gasteiger partial charge on any atom is -0.457 e. The second-order valence-corrected chi connectivity index (χ2v) is 6.27. The van der Waals surface area contributed by atoms with Crippen LogP contribution in [0, 0.1) is 0 Å². The molecule has 0 fully saturated rings. The standard InChI is InChI=1S/C21H14N6O2/c28-21(18-10-9-17-20(24-18)26-27-25-17)23-13-5-7-14(8-6-13)29-19-11-12-22-16-4-2-1-3-15(16)19/h1-12H,(H,23,28)(H,24,25,26,27).